The summed E-state index contributed by atoms with van der Waals surface area (Å²) < 4.78 is 5.62. The summed E-state index contributed by atoms with van der Waals surface area (Å²) in [6.07, 6.45) is 7.17. The lowest BCUT2D eigenvalue weighted by molar-refractivity contribution is 0.120. The maximum Gasteiger partial charge on any atom is 0.222 e. The lowest BCUT2D eigenvalue weighted by Gasteiger charge is -2.23. The molecule has 1 atom stereocenters. The zero-order valence-electron chi connectivity index (χ0n) is 16.9. The van der Waals surface area contributed by atoms with E-state index in [4.69, 9.17) is 10.5 Å². The second kappa shape index (κ2) is 7.85. The molecule has 1 unspecified atom stereocenters. The van der Waals surface area contributed by atoms with Gasteiger partial charge in [-0.1, -0.05) is 0 Å². The molecule has 2 aromatic heterocycles. The summed E-state index contributed by atoms with van der Waals surface area (Å²) in [5, 5.41) is 22.8. The molecule has 4 N–H and O–H groups in total. The Morgan fingerprint density at radius 2 is 2.10 bits per heavy atom. The molecule has 0 radical (unpaired) electrons. The van der Waals surface area contributed by atoms with Crippen LogP contribution in [0.3, 0.4) is 0 Å². The molecule has 1 aliphatic heterocycles. The minimum atomic E-state index is 0.178. The van der Waals surface area contributed by atoms with Gasteiger partial charge in [0.25, 0.3) is 0 Å². The molecule has 5 rings (SSSR count). The Morgan fingerprint density at radius 3 is 2.84 bits per heavy atom. The van der Waals surface area contributed by atoms with E-state index in [1.807, 2.05) is 6.07 Å². The van der Waals surface area contributed by atoms with Crippen molar-refractivity contribution in [2.24, 2.45) is 0 Å². The number of benzene rings is 1. The second-order valence-corrected chi connectivity index (χ2v) is 7.84. The minimum absolute atomic E-state index is 0.178. The maximum absolute atomic E-state index is 9.83. The lowest BCUT2D eigenvalue weighted by atomic mass is 9.83. The summed E-state index contributed by atoms with van der Waals surface area (Å²) in [6.45, 7) is 1.48. The molecule has 1 aliphatic carbocycles. The van der Waals surface area contributed by atoms with Gasteiger partial charge in [-0.05, 0) is 55.0 Å². The van der Waals surface area contributed by atoms with Gasteiger partial charge in [0, 0.05) is 42.2 Å². The van der Waals surface area contributed by atoms with Crippen LogP contribution < -0.4 is 11.1 Å². The molecule has 1 aromatic carbocycles. The van der Waals surface area contributed by atoms with Crippen molar-refractivity contribution in [3.63, 3.8) is 0 Å². The standard InChI is InChI=1S/C23H22N6O2/c24-9-19-20(14-10-26-23(27-11-14)28-12-16-2-1-7-31-16)18-5-3-13-8-15(30)4-6-17(13)21(18)29-22(19)25/h4,6,8,10-11,16,30H,1-3,5,7,12H2,(H2,25,29)(H,26,27,28). The van der Waals surface area contributed by atoms with Gasteiger partial charge in [-0.3, -0.25) is 0 Å². The number of hydrogen-bond donors (Lipinski definition) is 3. The first-order chi connectivity index (χ1) is 15.1. The van der Waals surface area contributed by atoms with Crippen molar-refractivity contribution in [3.8, 4) is 34.2 Å². The molecule has 0 amide bonds. The first-order valence-electron chi connectivity index (χ1n) is 10.4. The van der Waals surface area contributed by atoms with Crippen LogP contribution in [-0.4, -0.2) is 39.3 Å². The summed E-state index contributed by atoms with van der Waals surface area (Å²) >= 11 is 0. The van der Waals surface area contributed by atoms with Crippen molar-refractivity contribution < 1.29 is 9.84 Å². The summed E-state index contributed by atoms with van der Waals surface area (Å²) in [6, 6.07) is 7.45. The number of rotatable bonds is 4. The van der Waals surface area contributed by atoms with Crippen LogP contribution in [0.1, 0.15) is 29.5 Å². The number of aromatic nitrogens is 3. The Bertz CT molecular complexity index is 1180. The molecule has 8 nitrogen and oxygen atoms in total. The highest BCUT2D eigenvalue weighted by atomic mass is 16.5. The van der Waals surface area contributed by atoms with Crippen LogP contribution >= 0.6 is 0 Å². The summed E-state index contributed by atoms with van der Waals surface area (Å²) in [7, 11) is 0. The number of nitrogens with one attached hydrogen (secondary N) is 1. The van der Waals surface area contributed by atoms with Crippen LogP contribution in [0, 0.1) is 11.3 Å². The predicted octanol–water partition coefficient (Wildman–Crippen LogP) is 3.05. The highest BCUT2D eigenvalue weighted by Crippen LogP contribution is 2.41. The van der Waals surface area contributed by atoms with Crippen LogP contribution in [0.2, 0.25) is 0 Å². The molecule has 31 heavy (non-hydrogen) atoms. The Balaban J connectivity index is 1.53. The van der Waals surface area contributed by atoms with E-state index in [2.05, 4.69) is 26.3 Å². The quantitative estimate of drug-likeness (QED) is 0.594. The van der Waals surface area contributed by atoms with Crippen molar-refractivity contribution in [2.75, 3.05) is 24.2 Å². The van der Waals surface area contributed by atoms with Crippen LogP contribution in [0.5, 0.6) is 5.75 Å². The fourth-order valence-corrected chi connectivity index (χ4v) is 4.38. The largest absolute Gasteiger partial charge is 0.508 e. The number of anilines is 2. The summed E-state index contributed by atoms with van der Waals surface area (Å²) in [5.74, 6) is 0.927. The van der Waals surface area contributed by atoms with E-state index in [9.17, 15) is 10.4 Å². The van der Waals surface area contributed by atoms with Gasteiger partial charge in [0.1, 0.15) is 23.2 Å². The molecule has 1 fully saturated rings. The van der Waals surface area contributed by atoms with E-state index < -0.39 is 0 Å². The van der Waals surface area contributed by atoms with Crippen LogP contribution in [0.4, 0.5) is 11.8 Å². The number of phenolic OH excluding ortho intramolecular Hbond substituents is 1. The third-order valence-corrected chi connectivity index (χ3v) is 5.88. The normalized spacial score (nSPS) is 16.9. The lowest BCUT2D eigenvalue weighted by Crippen LogP contribution is -2.19. The Morgan fingerprint density at radius 1 is 1.26 bits per heavy atom. The topological polar surface area (TPSA) is 130 Å². The van der Waals surface area contributed by atoms with Crippen LogP contribution in [0.15, 0.2) is 30.6 Å². The first-order valence-corrected chi connectivity index (χ1v) is 10.4. The third-order valence-electron chi connectivity index (χ3n) is 5.88. The van der Waals surface area contributed by atoms with Gasteiger partial charge in [-0.2, -0.15) is 5.26 Å². The van der Waals surface area contributed by atoms with Crippen molar-refractivity contribution in [3.05, 3.63) is 47.3 Å². The van der Waals surface area contributed by atoms with E-state index >= 15 is 0 Å². The molecule has 0 spiro atoms. The number of nitrogens with zero attached hydrogens (tertiary/aromatic N) is 4. The number of aryl methyl sites for hydroxylation is 1. The molecule has 8 heteroatoms. The fourth-order valence-electron chi connectivity index (χ4n) is 4.38. The Labute approximate surface area is 179 Å². The Kier molecular flexibility index (Phi) is 4.88. The molecular weight excluding hydrogens is 392 g/mol. The van der Waals surface area contributed by atoms with Gasteiger partial charge in [-0.25, -0.2) is 15.0 Å². The van der Waals surface area contributed by atoms with Gasteiger partial charge >= 0.3 is 0 Å². The van der Waals surface area contributed by atoms with E-state index in [0.717, 1.165) is 59.4 Å². The van der Waals surface area contributed by atoms with Gasteiger partial charge in [0.2, 0.25) is 5.95 Å². The van der Waals surface area contributed by atoms with Gasteiger partial charge < -0.3 is 20.9 Å². The predicted molar refractivity (Wildman–Crippen MR) is 116 cm³/mol. The highest BCUT2D eigenvalue weighted by Gasteiger charge is 2.26. The number of phenols is 1. The number of nitrogens with two attached hydrogens (primary N) is 1. The number of hydrogen-bond acceptors (Lipinski definition) is 8. The second-order valence-electron chi connectivity index (χ2n) is 7.84. The maximum atomic E-state index is 9.83. The monoisotopic (exact) mass is 414 g/mol. The minimum Gasteiger partial charge on any atom is -0.508 e. The van der Waals surface area contributed by atoms with Crippen molar-refractivity contribution in [1.82, 2.24) is 15.0 Å². The number of nitriles is 1. The molecule has 156 valence electrons. The molecular formula is C23H22N6O2. The van der Waals surface area contributed by atoms with Gasteiger partial charge in [0.15, 0.2) is 0 Å². The number of ether oxygens (including phenoxy) is 1. The third kappa shape index (κ3) is 3.53. The summed E-state index contributed by atoms with van der Waals surface area (Å²) in [5.41, 5.74) is 11.6. The highest BCUT2D eigenvalue weighted by molar-refractivity contribution is 5.86. The molecule has 3 heterocycles. The average molecular weight is 414 g/mol. The summed E-state index contributed by atoms with van der Waals surface area (Å²) in [4.78, 5) is 13.4. The smallest absolute Gasteiger partial charge is 0.222 e. The van der Waals surface area contributed by atoms with Gasteiger partial charge in [0.05, 0.1) is 11.8 Å². The van der Waals surface area contributed by atoms with Crippen LogP contribution in [0.25, 0.3) is 22.4 Å². The fraction of sp³-hybridized carbons (Fsp3) is 0.304. The molecule has 2 aliphatic rings. The number of fused-ring (bicyclic) bond motifs is 3. The van der Waals surface area contributed by atoms with E-state index in [0.29, 0.717) is 24.5 Å². The molecule has 0 bridgehead atoms. The van der Waals surface area contributed by atoms with E-state index in [-0.39, 0.29) is 17.7 Å². The average Bonchev–Trinajstić information content (AvgIpc) is 3.30. The van der Waals surface area contributed by atoms with Crippen molar-refractivity contribution in [1.29, 1.82) is 5.26 Å². The van der Waals surface area contributed by atoms with Gasteiger partial charge in [-0.15, -0.1) is 0 Å². The Hall–Kier alpha value is -3.70. The molecule has 3 aromatic rings. The zero-order chi connectivity index (χ0) is 21.4. The zero-order valence-corrected chi connectivity index (χ0v) is 16.9. The van der Waals surface area contributed by atoms with Crippen molar-refractivity contribution >= 4 is 11.8 Å². The van der Waals surface area contributed by atoms with Crippen LogP contribution in [-0.2, 0) is 17.6 Å². The SMILES string of the molecule is N#Cc1c(N)nc2c(c1-c1cnc(NCC3CCCO3)nc1)CCc1cc(O)ccc1-2. The first kappa shape index (κ1) is 19.3. The number of pyridine rings is 1. The molecule has 0 saturated carbocycles. The number of aromatic hydroxyl groups is 1. The number of nitrogen functional groups attached to an aromatic ring is 1. The van der Waals surface area contributed by atoms with E-state index in [1.165, 1.54) is 0 Å². The van der Waals surface area contributed by atoms with Crippen molar-refractivity contribution in [2.45, 2.75) is 31.8 Å². The molecule has 1 saturated heterocycles. The van der Waals surface area contributed by atoms with E-state index in [1.54, 1.807) is 24.5 Å².